The van der Waals surface area contributed by atoms with E-state index in [9.17, 15) is 0 Å². The summed E-state index contributed by atoms with van der Waals surface area (Å²) in [6.07, 6.45) is 5.51. The number of pyridine rings is 2. The molecule has 0 aliphatic carbocycles. The van der Waals surface area contributed by atoms with Gasteiger partial charge in [0.2, 0.25) is 5.89 Å². The zero-order valence-corrected chi connectivity index (χ0v) is 21.4. The van der Waals surface area contributed by atoms with E-state index >= 15 is 0 Å². The van der Waals surface area contributed by atoms with Crippen LogP contribution in [0.3, 0.4) is 0 Å². The number of oxazole rings is 1. The molecule has 0 N–H and O–H groups in total. The molecule has 5 nitrogen and oxygen atoms in total. The lowest BCUT2D eigenvalue weighted by atomic mass is 10.0. The second kappa shape index (κ2) is 9.03. The first kappa shape index (κ1) is 22.4. The van der Waals surface area contributed by atoms with E-state index < -0.39 is 0 Å². The van der Waals surface area contributed by atoms with Crippen molar-refractivity contribution in [1.29, 1.82) is 0 Å². The van der Waals surface area contributed by atoms with Crippen LogP contribution in [-0.2, 0) is 0 Å². The van der Waals surface area contributed by atoms with Gasteiger partial charge in [-0.15, -0.1) is 0 Å². The number of rotatable bonds is 4. The topological polar surface area (TPSA) is 56.7 Å². The van der Waals surface area contributed by atoms with Crippen molar-refractivity contribution in [2.45, 2.75) is 0 Å². The van der Waals surface area contributed by atoms with Crippen LogP contribution in [0.15, 0.2) is 138 Å². The summed E-state index contributed by atoms with van der Waals surface area (Å²) in [7, 11) is 0. The average Bonchev–Trinajstić information content (AvgIpc) is 3.61. The third-order valence-electron chi connectivity index (χ3n) is 7.37. The Balaban J connectivity index is 1.34. The normalized spacial score (nSPS) is 11.5. The molecule has 40 heavy (non-hydrogen) atoms. The molecule has 0 fully saturated rings. The average molecular weight is 515 g/mol. The van der Waals surface area contributed by atoms with Gasteiger partial charge in [-0.1, -0.05) is 60.7 Å². The molecule has 0 aliphatic heterocycles. The third kappa shape index (κ3) is 3.60. The van der Waals surface area contributed by atoms with Crippen molar-refractivity contribution in [2.75, 3.05) is 0 Å². The highest BCUT2D eigenvalue weighted by Gasteiger charge is 2.16. The van der Waals surface area contributed by atoms with Crippen molar-refractivity contribution in [3.8, 4) is 39.5 Å². The van der Waals surface area contributed by atoms with Gasteiger partial charge in [0.1, 0.15) is 5.52 Å². The maximum absolute atomic E-state index is 6.12. The highest BCUT2D eigenvalue weighted by Crippen LogP contribution is 2.37. The number of para-hydroxylation sites is 3. The first-order valence-corrected chi connectivity index (χ1v) is 13.2. The first-order valence-electron chi connectivity index (χ1n) is 13.2. The van der Waals surface area contributed by atoms with Crippen molar-refractivity contribution in [3.05, 3.63) is 134 Å². The summed E-state index contributed by atoms with van der Waals surface area (Å²) >= 11 is 0. The molecule has 5 heteroatoms. The smallest absolute Gasteiger partial charge is 0.227 e. The SMILES string of the molecule is c1cncc(-c2cccnc2-c2cccc(-n3c4ccccc4c4ccc(-c5nc6ccccc6o5)cc43)c2)c1. The van der Waals surface area contributed by atoms with Gasteiger partial charge >= 0.3 is 0 Å². The van der Waals surface area contributed by atoms with Crippen LogP contribution in [0.25, 0.3) is 72.4 Å². The summed E-state index contributed by atoms with van der Waals surface area (Å²) in [5.74, 6) is 0.614. The van der Waals surface area contributed by atoms with Crippen molar-refractivity contribution in [1.82, 2.24) is 19.5 Å². The second-order valence-corrected chi connectivity index (χ2v) is 9.76. The maximum Gasteiger partial charge on any atom is 0.227 e. The fourth-order valence-corrected chi connectivity index (χ4v) is 5.56. The Labute approximate surface area is 230 Å². The van der Waals surface area contributed by atoms with Crippen LogP contribution in [0, 0.1) is 0 Å². The standard InChI is InChI=1S/C35H22N4O/c1-3-14-31-28(11-1)29-17-16-24(35-38-30-13-2-4-15-33(30)40-35)21-32(29)39(31)26-10-5-8-23(20-26)34-27(12-7-19-37-34)25-9-6-18-36-22-25/h1-22H. The van der Waals surface area contributed by atoms with Gasteiger partial charge in [0.15, 0.2) is 5.58 Å². The second-order valence-electron chi connectivity index (χ2n) is 9.76. The van der Waals surface area contributed by atoms with E-state index in [1.807, 2.05) is 48.8 Å². The molecule has 0 aliphatic rings. The van der Waals surface area contributed by atoms with Gasteiger partial charge in [-0.05, 0) is 54.6 Å². The van der Waals surface area contributed by atoms with Crippen LogP contribution in [0.5, 0.6) is 0 Å². The van der Waals surface area contributed by atoms with Gasteiger partial charge < -0.3 is 8.98 Å². The molecule has 8 aromatic rings. The van der Waals surface area contributed by atoms with E-state index in [2.05, 4.69) is 88.4 Å². The van der Waals surface area contributed by atoms with Gasteiger partial charge in [0.25, 0.3) is 0 Å². The molecule has 0 atom stereocenters. The van der Waals surface area contributed by atoms with Crippen LogP contribution >= 0.6 is 0 Å². The minimum absolute atomic E-state index is 0.614. The summed E-state index contributed by atoms with van der Waals surface area (Å²) < 4.78 is 8.43. The zero-order valence-electron chi connectivity index (χ0n) is 21.4. The Morgan fingerprint density at radius 1 is 0.600 bits per heavy atom. The Morgan fingerprint density at radius 2 is 1.45 bits per heavy atom. The zero-order chi connectivity index (χ0) is 26.5. The van der Waals surface area contributed by atoms with E-state index in [1.165, 1.54) is 10.8 Å². The number of hydrogen-bond acceptors (Lipinski definition) is 4. The summed E-state index contributed by atoms with van der Waals surface area (Å²) in [6, 6.07) is 39.5. The van der Waals surface area contributed by atoms with Crippen LogP contribution in [-0.4, -0.2) is 19.5 Å². The third-order valence-corrected chi connectivity index (χ3v) is 7.37. The van der Waals surface area contributed by atoms with Crippen molar-refractivity contribution in [3.63, 3.8) is 0 Å². The molecule has 188 valence electrons. The highest BCUT2D eigenvalue weighted by molar-refractivity contribution is 6.10. The quantitative estimate of drug-likeness (QED) is 0.236. The van der Waals surface area contributed by atoms with Crippen molar-refractivity contribution in [2.24, 2.45) is 0 Å². The minimum atomic E-state index is 0.614. The van der Waals surface area contributed by atoms with Gasteiger partial charge in [-0.3, -0.25) is 9.97 Å². The summed E-state index contributed by atoms with van der Waals surface area (Å²) in [5, 5.41) is 2.37. The van der Waals surface area contributed by atoms with Crippen LogP contribution in [0.4, 0.5) is 0 Å². The first-order chi connectivity index (χ1) is 19.8. The van der Waals surface area contributed by atoms with Gasteiger partial charge in [-0.25, -0.2) is 4.98 Å². The largest absolute Gasteiger partial charge is 0.436 e. The van der Waals surface area contributed by atoms with Gasteiger partial charge in [-0.2, -0.15) is 0 Å². The molecule has 4 aromatic carbocycles. The molecule has 0 saturated carbocycles. The molecular formula is C35H22N4O. The number of benzene rings is 4. The van der Waals surface area contributed by atoms with Crippen molar-refractivity contribution < 1.29 is 4.42 Å². The molecule has 0 saturated heterocycles. The molecule has 0 unspecified atom stereocenters. The number of hydrogen-bond donors (Lipinski definition) is 0. The number of nitrogens with zero attached hydrogens (tertiary/aromatic N) is 4. The molecule has 8 rings (SSSR count). The van der Waals surface area contributed by atoms with E-state index in [-0.39, 0.29) is 0 Å². The Morgan fingerprint density at radius 3 is 2.38 bits per heavy atom. The van der Waals surface area contributed by atoms with Gasteiger partial charge in [0.05, 0.1) is 16.7 Å². The highest BCUT2D eigenvalue weighted by atomic mass is 16.3. The molecule has 0 amide bonds. The number of aromatic nitrogens is 4. The predicted molar refractivity (Wildman–Crippen MR) is 160 cm³/mol. The molecule has 0 radical (unpaired) electrons. The molecule has 0 spiro atoms. The monoisotopic (exact) mass is 514 g/mol. The van der Waals surface area contributed by atoms with Crippen LogP contribution < -0.4 is 0 Å². The number of fused-ring (bicyclic) bond motifs is 4. The fraction of sp³-hybridized carbons (Fsp3) is 0. The van der Waals surface area contributed by atoms with Gasteiger partial charge in [0, 0.05) is 57.3 Å². The molecule has 0 bridgehead atoms. The Hall–Kier alpha value is -5.55. The predicted octanol–water partition coefficient (Wildman–Crippen LogP) is 8.72. The van der Waals surface area contributed by atoms with E-state index in [1.54, 1.807) is 6.20 Å². The van der Waals surface area contributed by atoms with E-state index in [0.717, 1.165) is 55.8 Å². The summed E-state index contributed by atoms with van der Waals surface area (Å²) in [4.78, 5) is 13.9. The maximum atomic E-state index is 6.12. The summed E-state index contributed by atoms with van der Waals surface area (Å²) in [6.45, 7) is 0. The van der Waals surface area contributed by atoms with E-state index in [0.29, 0.717) is 5.89 Å². The van der Waals surface area contributed by atoms with Crippen LogP contribution in [0.2, 0.25) is 0 Å². The van der Waals surface area contributed by atoms with Crippen LogP contribution in [0.1, 0.15) is 0 Å². The Bertz CT molecular complexity index is 2140. The van der Waals surface area contributed by atoms with Crippen molar-refractivity contribution >= 4 is 32.9 Å². The molecule has 4 aromatic heterocycles. The minimum Gasteiger partial charge on any atom is -0.436 e. The van der Waals surface area contributed by atoms with E-state index in [4.69, 9.17) is 14.4 Å². The lowest BCUT2D eigenvalue weighted by Gasteiger charge is -2.12. The molecular weight excluding hydrogens is 492 g/mol. The summed E-state index contributed by atoms with van der Waals surface area (Å²) in [5.41, 5.74) is 9.90. The Kier molecular flexibility index (Phi) is 5.07. The fourth-order valence-electron chi connectivity index (χ4n) is 5.56. The molecule has 4 heterocycles. The lowest BCUT2D eigenvalue weighted by Crippen LogP contribution is -1.96. The lowest BCUT2D eigenvalue weighted by molar-refractivity contribution is 0.620.